The molecule has 0 radical (unpaired) electrons. The molecule has 0 aromatic rings. The number of aliphatic imine (C=N–C) groups is 1. The largest absolute Gasteiger partial charge is 0.466 e. The Bertz CT molecular complexity index is 437. The lowest BCUT2D eigenvalue weighted by atomic mass is 9.86. The number of rotatable bonds is 9. The maximum atomic E-state index is 11.8. The van der Waals surface area contributed by atoms with Crippen molar-refractivity contribution in [2.24, 2.45) is 16.8 Å². The Morgan fingerprint density at radius 3 is 2.63 bits per heavy atom. The number of nitrogens with one attached hydrogen (secondary N) is 2. The van der Waals surface area contributed by atoms with Gasteiger partial charge in [0.2, 0.25) is 0 Å². The zero-order chi connectivity index (χ0) is 18.6. The van der Waals surface area contributed by atoms with Gasteiger partial charge in [-0.25, -0.2) is 0 Å². The Morgan fingerprint density at radius 2 is 2.00 bits per heavy atom. The zero-order valence-electron chi connectivity index (χ0n) is 16.7. The molecule has 2 fully saturated rings. The third-order valence-electron chi connectivity index (χ3n) is 5.05. The van der Waals surface area contributed by atoms with Crippen molar-refractivity contribution in [2.75, 3.05) is 46.6 Å². The molecule has 0 aromatic heterocycles. The van der Waals surface area contributed by atoms with Gasteiger partial charge >= 0.3 is 5.97 Å². The van der Waals surface area contributed by atoms with E-state index >= 15 is 0 Å². The number of nitrogens with zero attached hydrogens (tertiary/aromatic N) is 1. The second kappa shape index (κ2) is 14.4. The second-order valence-corrected chi connectivity index (χ2v) is 7.10. The molecular weight excluding hydrogens is 461 g/mol. The average Bonchev–Trinajstić information content (AvgIpc) is 3.17. The molecule has 2 rings (SSSR count). The van der Waals surface area contributed by atoms with E-state index in [1.165, 1.54) is 0 Å². The second-order valence-electron chi connectivity index (χ2n) is 7.10. The Labute approximate surface area is 180 Å². The lowest BCUT2D eigenvalue weighted by Crippen LogP contribution is -2.45. The van der Waals surface area contributed by atoms with Crippen molar-refractivity contribution >= 4 is 35.9 Å². The van der Waals surface area contributed by atoms with E-state index in [0.717, 1.165) is 77.5 Å². The summed E-state index contributed by atoms with van der Waals surface area (Å²) in [6.07, 6.45) is 5.77. The quantitative estimate of drug-likeness (QED) is 0.167. The van der Waals surface area contributed by atoms with Gasteiger partial charge in [-0.3, -0.25) is 9.79 Å². The summed E-state index contributed by atoms with van der Waals surface area (Å²) >= 11 is 0. The minimum Gasteiger partial charge on any atom is -0.466 e. The van der Waals surface area contributed by atoms with Crippen molar-refractivity contribution in [2.45, 2.75) is 51.5 Å². The van der Waals surface area contributed by atoms with Gasteiger partial charge < -0.3 is 24.8 Å². The first-order chi connectivity index (χ1) is 12.7. The fraction of sp³-hybridized carbons (Fsp3) is 0.895. The van der Waals surface area contributed by atoms with Crippen molar-refractivity contribution < 1.29 is 19.0 Å². The molecule has 0 aromatic carbocycles. The van der Waals surface area contributed by atoms with Gasteiger partial charge in [0.05, 0.1) is 25.7 Å². The molecule has 7 nitrogen and oxygen atoms in total. The molecule has 1 saturated carbocycles. The van der Waals surface area contributed by atoms with Crippen LogP contribution in [-0.2, 0) is 19.0 Å². The Balaban J connectivity index is 0.00000364. The van der Waals surface area contributed by atoms with Crippen LogP contribution in [0.3, 0.4) is 0 Å². The normalized spacial score (nSPS) is 25.6. The van der Waals surface area contributed by atoms with Crippen LogP contribution >= 0.6 is 24.0 Å². The van der Waals surface area contributed by atoms with Gasteiger partial charge in [0, 0.05) is 38.8 Å². The predicted molar refractivity (Wildman–Crippen MR) is 117 cm³/mol. The predicted octanol–water partition coefficient (Wildman–Crippen LogP) is 2.33. The highest BCUT2D eigenvalue weighted by atomic mass is 127. The molecule has 27 heavy (non-hydrogen) atoms. The summed E-state index contributed by atoms with van der Waals surface area (Å²) in [6, 6.07) is 0.366. The minimum absolute atomic E-state index is 0. The summed E-state index contributed by atoms with van der Waals surface area (Å²) in [6.45, 7) is 6.42. The highest BCUT2D eigenvalue weighted by molar-refractivity contribution is 14.0. The molecule has 1 heterocycles. The highest BCUT2D eigenvalue weighted by Crippen LogP contribution is 2.25. The first kappa shape index (κ1) is 24.4. The van der Waals surface area contributed by atoms with Crippen molar-refractivity contribution in [3.8, 4) is 0 Å². The van der Waals surface area contributed by atoms with Crippen LogP contribution in [0.4, 0.5) is 0 Å². The van der Waals surface area contributed by atoms with E-state index in [2.05, 4.69) is 15.6 Å². The van der Waals surface area contributed by atoms with Crippen LogP contribution in [0.5, 0.6) is 0 Å². The van der Waals surface area contributed by atoms with E-state index in [1.807, 2.05) is 6.92 Å². The number of hydrogen-bond acceptors (Lipinski definition) is 5. The summed E-state index contributed by atoms with van der Waals surface area (Å²) in [7, 11) is 1.79. The van der Waals surface area contributed by atoms with Gasteiger partial charge in [0.15, 0.2) is 5.96 Å². The maximum absolute atomic E-state index is 11.8. The van der Waals surface area contributed by atoms with E-state index in [-0.39, 0.29) is 35.9 Å². The lowest BCUT2D eigenvalue weighted by molar-refractivity contribution is -0.149. The topological polar surface area (TPSA) is 81.2 Å². The summed E-state index contributed by atoms with van der Waals surface area (Å²) in [4.78, 5) is 16.1. The van der Waals surface area contributed by atoms with Gasteiger partial charge in [-0.05, 0) is 45.4 Å². The van der Waals surface area contributed by atoms with Crippen LogP contribution in [0, 0.1) is 11.8 Å². The van der Waals surface area contributed by atoms with Gasteiger partial charge in [-0.2, -0.15) is 0 Å². The molecule has 2 aliphatic rings. The summed E-state index contributed by atoms with van der Waals surface area (Å²) in [5.74, 6) is 1.42. The van der Waals surface area contributed by atoms with Gasteiger partial charge in [-0.1, -0.05) is 0 Å². The molecule has 1 atom stereocenters. The third kappa shape index (κ3) is 9.43. The Morgan fingerprint density at radius 1 is 1.22 bits per heavy atom. The summed E-state index contributed by atoms with van der Waals surface area (Å²) < 4.78 is 16.2. The van der Waals surface area contributed by atoms with Crippen molar-refractivity contribution in [3.63, 3.8) is 0 Å². The van der Waals surface area contributed by atoms with Crippen molar-refractivity contribution in [1.29, 1.82) is 0 Å². The number of carbonyl (C=O) groups excluding carboxylic acids is 1. The van der Waals surface area contributed by atoms with Crippen molar-refractivity contribution in [3.05, 3.63) is 0 Å². The van der Waals surface area contributed by atoms with Crippen LogP contribution in [0.25, 0.3) is 0 Å². The first-order valence-corrected chi connectivity index (χ1v) is 10.0. The SMILES string of the molecule is CCOC(=O)C1CCC(NC(=NC)NCCCOCC2CCOC2)CC1.I. The van der Waals surface area contributed by atoms with E-state index in [9.17, 15) is 4.79 Å². The summed E-state index contributed by atoms with van der Waals surface area (Å²) in [5, 5.41) is 6.80. The number of ether oxygens (including phenoxy) is 3. The number of hydrogen-bond donors (Lipinski definition) is 2. The molecule has 158 valence electrons. The Hall–Kier alpha value is -0.610. The average molecular weight is 497 g/mol. The first-order valence-electron chi connectivity index (χ1n) is 10.0. The van der Waals surface area contributed by atoms with Crippen LogP contribution in [0.15, 0.2) is 4.99 Å². The van der Waals surface area contributed by atoms with Crippen LogP contribution in [0.1, 0.15) is 45.4 Å². The highest BCUT2D eigenvalue weighted by Gasteiger charge is 2.27. The van der Waals surface area contributed by atoms with Crippen molar-refractivity contribution in [1.82, 2.24) is 10.6 Å². The van der Waals surface area contributed by atoms with Crippen LogP contribution in [0.2, 0.25) is 0 Å². The fourth-order valence-corrected chi connectivity index (χ4v) is 3.47. The molecule has 1 aliphatic carbocycles. The van der Waals surface area contributed by atoms with E-state index in [4.69, 9.17) is 14.2 Å². The molecule has 1 unspecified atom stereocenters. The summed E-state index contributed by atoms with van der Waals surface area (Å²) in [5.41, 5.74) is 0. The molecule has 0 amide bonds. The Kier molecular flexibility index (Phi) is 13.0. The molecule has 2 N–H and O–H groups in total. The molecule has 1 aliphatic heterocycles. The molecule has 8 heteroatoms. The number of guanidine groups is 1. The van der Waals surface area contributed by atoms with Crippen LogP contribution in [-0.4, -0.2) is 64.6 Å². The van der Waals surface area contributed by atoms with Gasteiger partial charge in [-0.15, -0.1) is 24.0 Å². The maximum Gasteiger partial charge on any atom is 0.308 e. The van der Waals surface area contributed by atoms with Gasteiger partial charge in [0.1, 0.15) is 0 Å². The van der Waals surface area contributed by atoms with Crippen LogP contribution < -0.4 is 10.6 Å². The zero-order valence-corrected chi connectivity index (χ0v) is 19.0. The smallest absolute Gasteiger partial charge is 0.308 e. The molecule has 0 spiro atoms. The molecular formula is C19H36IN3O4. The monoisotopic (exact) mass is 497 g/mol. The lowest BCUT2D eigenvalue weighted by Gasteiger charge is -2.29. The number of halogens is 1. The van der Waals surface area contributed by atoms with E-state index < -0.39 is 0 Å². The number of esters is 1. The fourth-order valence-electron chi connectivity index (χ4n) is 3.47. The third-order valence-corrected chi connectivity index (χ3v) is 5.05. The standard InChI is InChI=1S/C19H35N3O4.HI/c1-3-26-18(23)16-5-7-17(8-6-16)22-19(20-2)21-10-4-11-24-13-15-9-12-25-14-15;/h15-17H,3-14H2,1-2H3,(H2,20,21,22);1H. The minimum atomic E-state index is -0.0439. The van der Waals surface area contributed by atoms with E-state index in [0.29, 0.717) is 18.6 Å². The molecule has 1 saturated heterocycles. The number of carbonyl (C=O) groups is 1. The van der Waals surface area contributed by atoms with E-state index in [1.54, 1.807) is 7.05 Å². The van der Waals surface area contributed by atoms with Gasteiger partial charge in [0.25, 0.3) is 0 Å². The molecule has 0 bridgehead atoms.